The number of pyridine rings is 1. The van der Waals surface area contributed by atoms with Gasteiger partial charge in [-0.3, -0.25) is 4.98 Å². The standard InChI is InChI=1S/C23H22N4O/c1-26(2)23(28)27-22(16-21(25-27)20-10-6-7-15-24-20)19-13-11-18(12-14-19)17-8-4-3-5-9-17/h3-15,22H,16H2,1-2H3. The Labute approximate surface area is 164 Å². The topological polar surface area (TPSA) is 48.8 Å². The van der Waals surface area contributed by atoms with Gasteiger partial charge in [-0.1, -0.05) is 60.7 Å². The van der Waals surface area contributed by atoms with Crippen molar-refractivity contribution in [1.82, 2.24) is 14.9 Å². The Bertz CT molecular complexity index is 982. The van der Waals surface area contributed by atoms with Gasteiger partial charge in [0.1, 0.15) is 0 Å². The Balaban J connectivity index is 1.65. The number of urea groups is 1. The minimum Gasteiger partial charge on any atom is -0.329 e. The third-order valence-electron chi connectivity index (χ3n) is 4.85. The first-order valence-electron chi connectivity index (χ1n) is 9.28. The van der Waals surface area contributed by atoms with Crippen LogP contribution in [0.5, 0.6) is 0 Å². The molecule has 1 unspecified atom stereocenters. The summed E-state index contributed by atoms with van der Waals surface area (Å²) in [6.45, 7) is 0. The Morgan fingerprint density at radius 2 is 1.61 bits per heavy atom. The first kappa shape index (κ1) is 17.9. The van der Waals surface area contributed by atoms with Gasteiger partial charge < -0.3 is 4.90 Å². The number of amides is 2. The lowest BCUT2D eigenvalue weighted by Gasteiger charge is -2.25. The zero-order chi connectivity index (χ0) is 19.5. The number of carbonyl (C=O) groups excluding carboxylic acids is 1. The minimum atomic E-state index is -0.142. The molecular weight excluding hydrogens is 348 g/mol. The Kier molecular flexibility index (Phi) is 4.89. The van der Waals surface area contributed by atoms with E-state index in [2.05, 4.69) is 46.5 Å². The number of benzene rings is 2. The molecule has 4 rings (SSSR count). The van der Waals surface area contributed by atoms with Crippen LogP contribution in [0.2, 0.25) is 0 Å². The lowest BCUT2D eigenvalue weighted by atomic mass is 9.97. The predicted molar refractivity (Wildman–Crippen MR) is 111 cm³/mol. The zero-order valence-electron chi connectivity index (χ0n) is 16.0. The van der Waals surface area contributed by atoms with Crippen molar-refractivity contribution in [2.75, 3.05) is 14.1 Å². The molecule has 0 aliphatic carbocycles. The van der Waals surface area contributed by atoms with Crippen LogP contribution < -0.4 is 0 Å². The molecule has 28 heavy (non-hydrogen) atoms. The highest BCUT2D eigenvalue weighted by molar-refractivity contribution is 6.01. The minimum absolute atomic E-state index is 0.136. The molecule has 5 heteroatoms. The van der Waals surface area contributed by atoms with E-state index in [1.165, 1.54) is 5.56 Å². The maximum Gasteiger partial charge on any atom is 0.340 e. The molecule has 2 heterocycles. The van der Waals surface area contributed by atoms with Gasteiger partial charge in [-0.15, -0.1) is 0 Å². The van der Waals surface area contributed by atoms with Crippen LogP contribution in [-0.2, 0) is 0 Å². The van der Waals surface area contributed by atoms with Gasteiger partial charge in [-0.2, -0.15) is 5.10 Å². The summed E-state index contributed by atoms with van der Waals surface area (Å²) in [5, 5.41) is 6.19. The van der Waals surface area contributed by atoms with E-state index >= 15 is 0 Å². The van der Waals surface area contributed by atoms with E-state index in [9.17, 15) is 4.79 Å². The molecule has 1 atom stereocenters. The van der Waals surface area contributed by atoms with Crippen molar-refractivity contribution in [3.63, 3.8) is 0 Å². The van der Waals surface area contributed by atoms with Gasteiger partial charge in [-0.25, -0.2) is 9.80 Å². The number of rotatable bonds is 3. The SMILES string of the molecule is CN(C)C(=O)N1N=C(c2ccccn2)CC1c1ccc(-c2ccccc2)cc1. The van der Waals surface area contributed by atoms with Crippen molar-refractivity contribution < 1.29 is 4.79 Å². The summed E-state index contributed by atoms with van der Waals surface area (Å²) in [5.74, 6) is 0. The fourth-order valence-corrected chi connectivity index (χ4v) is 3.37. The molecule has 0 saturated heterocycles. The molecule has 0 fully saturated rings. The molecule has 3 aromatic rings. The number of hydrogen-bond donors (Lipinski definition) is 0. The largest absolute Gasteiger partial charge is 0.340 e. The monoisotopic (exact) mass is 370 g/mol. The molecule has 1 aliphatic heterocycles. The van der Waals surface area contributed by atoms with Crippen molar-refractivity contribution >= 4 is 11.7 Å². The van der Waals surface area contributed by atoms with E-state index in [1.807, 2.05) is 36.4 Å². The fourth-order valence-electron chi connectivity index (χ4n) is 3.37. The van der Waals surface area contributed by atoms with Crippen LogP contribution in [0.4, 0.5) is 4.79 Å². The van der Waals surface area contributed by atoms with Gasteiger partial charge in [0.15, 0.2) is 0 Å². The van der Waals surface area contributed by atoms with Gasteiger partial charge in [-0.05, 0) is 28.8 Å². The van der Waals surface area contributed by atoms with Crippen molar-refractivity contribution in [3.05, 3.63) is 90.3 Å². The van der Waals surface area contributed by atoms with Crippen LogP contribution in [0.3, 0.4) is 0 Å². The molecule has 0 radical (unpaired) electrons. The predicted octanol–water partition coefficient (Wildman–Crippen LogP) is 4.58. The Hall–Kier alpha value is -3.47. The third-order valence-corrected chi connectivity index (χ3v) is 4.85. The fraction of sp³-hybridized carbons (Fsp3) is 0.174. The Morgan fingerprint density at radius 3 is 2.25 bits per heavy atom. The van der Waals surface area contributed by atoms with E-state index in [-0.39, 0.29) is 12.1 Å². The van der Waals surface area contributed by atoms with Crippen molar-refractivity contribution in [2.24, 2.45) is 5.10 Å². The number of nitrogens with zero attached hydrogens (tertiary/aromatic N) is 4. The molecule has 1 aromatic heterocycles. The van der Waals surface area contributed by atoms with Crippen LogP contribution in [0.25, 0.3) is 11.1 Å². The summed E-state index contributed by atoms with van der Waals surface area (Å²) < 4.78 is 0. The first-order chi connectivity index (χ1) is 13.6. The maximum atomic E-state index is 12.7. The average Bonchev–Trinajstić information content (AvgIpc) is 3.20. The van der Waals surface area contributed by atoms with E-state index in [4.69, 9.17) is 0 Å². The molecular formula is C23H22N4O. The van der Waals surface area contributed by atoms with E-state index < -0.39 is 0 Å². The molecule has 5 nitrogen and oxygen atoms in total. The highest BCUT2D eigenvalue weighted by Crippen LogP contribution is 2.34. The second-order valence-electron chi connectivity index (χ2n) is 6.99. The average molecular weight is 370 g/mol. The summed E-state index contributed by atoms with van der Waals surface area (Å²) >= 11 is 0. The maximum absolute atomic E-state index is 12.7. The summed E-state index contributed by atoms with van der Waals surface area (Å²) in [5.41, 5.74) is 5.02. The van der Waals surface area contributed by atoms with Gasteiger partial charge in [0, 0.05) is 26.7 Å². The molecule has 1 aliphatic rings. The second-order valence-corrected chi connectivity index (χ2v) is 6.99. The van der Waals surface area contributed by atoms with Gasteiger partial charge in [0.2, 0.25) is 0 Å². The van der Waals surface area contributed by atoms with Crippen molar-refractivity contribution in [3.8, 4) is 11.1 Å². The number of aromatic nitrogens is 1. The number of hydrogen-bond acceptors (Lipinski definition) is 3. The van der Waals surface area contributed by atoms with Gasteiger partial charge in [0.05, 0.1) is 17.4 Å². The quantitative estimate of drug-likeness (QED) is 0.677. The highest BCUT2D eigenvalue weighted by Gasteiger charge is 2.34. The van der Waals surface area contributed by atoms with E-state index in [0.717, 1.165) is 22.5 Å². The third kappa shape index (κ3) is 3.51. The molecule has 0 bridgehead atoms. The van der Waals surface area contributed by atoms with E-state index in [0.29, 0.717) is 6.42 Å². The summed E-state index contributed by atoms with van der Waals surface area (Å²) in [7, 11) is 3.48. The number of carbonyl (C=O) groups is 1. The van der Waals surface area contributed by atoms with Crippen molar-refractivity contribution in [1.29, 1.82) is 0 Å². The van der Waals surface area contributed by atoms with Crippen LogP contribution in [0.15, 0.2) is 84.1 Å². The summed E-state index contributed by atoms with van der Waals surface area (Å²) in [6.07, 6.45) is 2.39. The molecule has 2 amide bonds. The first-order valence-corrected chi connectivity index (χ1v) is 9.28. The molecule has 2 aromatic carbocycles. The number of hydrazone groups is 1. The van der Waals surface area contributed by atoms with Crippen LogP contribution >= 0.6 is 0 Å². The summed E-state index contributed by atoms with van der Waals surface area (Å²) in [4.78, 5) is 18.7. The van der Waals surface area contributed by atoms with Crippen LogP contribution in [-0.4, -0.2) is 40.7 Å². The smallest absolute Gasteiger partial charge is 0.329 e. The van der Waals surface area contributed by atoms with E-state index in [1.54, 1.807) is 30.2 Å². The molecule has 0 spiro atoms. The Morgan fingerprint density at radius 1 is 0.929 bits per heavy atom. The van der Waals surface area contributed by atoms with Gasteiger partial charge >= 0.3 is 6.03 Å². The lowest BCUT2D eigenvalue weighted by molar-refractivity contribution is 0.159. The highest BCUT2D eigenvalue weighted by atomic mass is 16.2. The zero-order valence-corrected chi connectivity index (χ0v) is 16.0. The van der Waals surface area contributed by atoms with Crippen LogP contribution in [0, 0.1) is 0 Å². The second kappa shape index (κ2) is 7.64. The normalized spacial score (nSPS) is 16.0. The molecule has 0 saturated carbocycles. The lowest BCUT2D eigenvalue weighted by Crippen LogP contribution is -2.36. The molecule has 140 valence electrons. The van der Waals surface area contributed by atoms with Crippen molar-refractivity contribution in [2.45, 2.75) is 12.5 Å². The van der Waals surface area contributed by atoms with Gasteiger partial charge in [0.25, 0.3) is 0 Å². The summed E-state index contributed by atoms with van der Waals surface area (Å²) in [6, 6.07) is 24.1. The van der Waals surface area contributed by atoms with Crippen LogP contribution in [0.1, 0.15) is 23.7 Å². The molecule has 0 N–H and O–H groups in total.